The Balaban J connectivity index is 1.20. The summed E-state index contributed by atoms with van der Waals surface area (Å²) in [6, 6.07) is 13.5. The Morgan fingerprint density at radius 2 is 0.886 bits per heavy atom. The summed E-state index contributed by atoms with van der Waals surface area (Å²) in [5.41, 5.74) is 2.23. The summed E-state index contributed by atoms with van der Waals surface area (Å²) in [7, 11) is 0. The van der Waals surface area contributed by atoms with Gasteiger partial charge in [0.2, 0.25) is 0 Å². The molecule has 4 saturated heterocycles. The number of benzene rings is 2. The molecular weight excluding hydrogens is 461 g/mol. The third-order valence-corrected chi connectivity index (χ3v) is 6.82. The first-order chi connectivity index (χ1) is 16.9. The number of anilines is 2. The Kier molecular flexibility index (Phi) is 6.12. The molecule has 6 nitrogen and oxygen atoms in total. The average Bonchev–Trinajstić information content (AvgIpc) is 3.67. The summed E-state index contributed by atoms with van der Waals surface area (Å²) in [5, 5.41) is 0. The number of nitrogens with zero attached hydrogens (tertiary/aromatic N) is 2. The van der Waals surface area contributed by atoms with Crippen molar-refractivity contribution in [2.75, 3.05) is 62.4 Å². The van der Waals surface area contributed by atoms with Crippen LogP contribution in [0.15, 0.2) is 48.5 Å². The van der Waals surface area contributed by atoms with Gasteiger partial charge in [0.1, 0.15) is 5.92 Å². The first-order valence-corrected chi connectivity index (χ1v) is 12.2. The molecule has 9 heteroatoms. The van der Waals surface area contributed by atoms with Gasteiger partial charge in [-0.15, -0.1) is 0 Å². The first kappa shape index (κ1) is 23.1. The van der Waals surface area contributed by atoms with Gasteiger partial charge in [-0.1, -0.05) is 24.3 Å². The number of rotatable bonds is 12. The van der Waals surface area contributed by atoms with Gasteiger partial charge in [0.15, 0.2) is 0 Å². The van der Waals surface area contributed by atoms with Gasteiger partial charge >= 0.3 is 6.18 Å². The van der Waals surface area contributed by atoms with Gasteiger partial charge in [0, 0.05) is 37.6 Å². The second kappa shape index (κ2) is 9.28. The molecule has 0 saturated carbocycles. The maximum absolute atomic E-state index is 14.2. The maximum atomic E-state index is 14.2. The topological polar surface area (TPSA) is 56.6 Å². The molecule has 4 unspecified atom stereocenters. The van der Waals surface area contributed by atoms with E-state index in [1.807, 2.05) is 0 Å². The van der Waals surface area contributed by atoms with E-state index >= 15 is 0 Å². The van der Waals surface area contributed by atoms with Crippen LogP contribution < -0.4 is 9.80 Å². The number of hydrogen-bond acceptors (Lipinski definition) is 6. The van der Waals surface area contributed by atoms with Gasteiger partial charge in [-0.25, -0.2) is 0 Å². The fraction of sp³-hybridized carbons (Fsp3) is 0.538. The van der Waals surface area contributed by atoms with Gasteiger partial charge in [0.05, 0.1) is 50.8 Å². The molecule has 0 spiro atoms. The Hall–Kier alpha value is -2.33. The van der Waals surface area contributed by atoms with Crippen LogP contribution in [0.5, 0.6) is 0 Å². The van der Waals surface area contributed by atoms with E-state index in [9.17, 15) is 13.2 Å². The zero-order valence-electron chi connectivity index (χ0n) is 19.3. The van der Waals surface area contributed by atoms with Crippen LogP contribution in [0.3, 0.4) is 0 Å². The number of alkyl halides is 3. The van der Waals surface area contributed by atoms with Crippen LogP contribution in [0.4, 0.5) is 24.5 Å². The molecule has 0 aromatic heterocycles. The molecule has 4 atom stereocenters. The predicted molar refractivity (Wildman–Crippen MR) is 124 cm³/mol. The van der Waals surface area contributed by atoms with Gasteiger partial charge in [0.25, 0.3) is 0 Å². The first-order valence-electron chi connectivity index (χ1n) is 12.2. The Bertz CT molecular complexity index is 897. The van der Waals surface area contributed by atoms with E-state index in [0.717, 1.165) is 64.0 Å². The molecule has 6 rings (SSSR count). The van der Waals surface area contributed by atoms with Crippen LogP contribution in [0, 0.1) is 0 Å². The van der Waals surface area contributed by atoms with Gasteiger partial charge in [-0.2, -0.15) is 13.2 Å². The van der Waals surface area contributed by atoms with Crippen molar-refractivity contribution in [2.24, 2.45) is 0 Å². The van der Waals surface area contributed by atoms with E-state index in [-0.39, 0.29) is 35.5 Å². The Labute approximate surface area is 202 Å². The number of hydrogen-bond donors (Lipinski definition) is 0. The van der Waals surface area contributed by atoms with E-state index < -0.39 is 12.1 Å². The molecule has 35 heavy (non-hydrogen) atoms. The molecule has 0 N–H and O–H groups in total. The van der Waals surface area contributed by atoms with Crippen LogP contribution in [0.25, 0.3) is 0 Å². The van der Waals surface area contributed by atoms with Crippen molar-refractivity contribution in [2.45, 2.75) is 36.5 Å². The molecule has 0 amide bonds. The highest BCUT2D eigenvalue weighted by Crippen LogP contribution is 2.41. The molecule has 4 aliphatic heterocycles. The van der Waals surface area contributed by atoms with Crippen molar-refractivity contribution in [1.82, 2.24) is 0 Å². The molecule has 4 aliphatic rings. The summed E-state index contributed by atoms with van der Waals surface area (Å²) in [4.78, 5) is 4.27. The predicted octanol–water partition coefficient (Wildman–Crippen LogP) is 3.59. The average molecular weight is 491 g/mol. The lowest BCUT2D eigenvalue weighted by molar-refractivity contribution is -0.141. The Morgan fingerprint density at radius 1 is 0.600 bits per heavy atom. The zero-order valence-corrected chi connectivity index (χ0v) is 19.3. The second-order valence-corrected chi connectivity index (χ2v) is 9.79. The third-order valence-electron chi connectivity index (χ3n) is 6.82. The highest BCUT2D eigenvalue weighted by Gasteiger charge is 2.42. The minimum atomic E-state index is -4.41. The van der Waals surface area contributed by atoms with Crippen LogP contribution in [0.1, 0.15) is 17.0 Å². The number of ether oxygens (including phenoxy) is 4. The van der Waals surface area contributed by atoms with E-state index in [2.05, 4.69) is 9.80 Å². The quantitative estimate of drug-likeness (QED) is 0.424. The van der Waals surface area contributed by atoms with Crippen LogP contribution in [0.2, 0.25) is 0 Å². The third kappa shape index (κ3) is 6.09. The number of epoxide rings is 4. The van der Waals surface area contributed by atoms with Gasteiger partial charge in [-0.3, -0.25) is 0 Å². The second-order valence-electron chi connectivity index (χ2n) is 9.79. The van der Waals surface area contributed by atoms with Gasteiger partial charge < -0.3 is 28.7 Å². The molecule has 0 aliphatic carbocycles. The fourth-order valence-electron chi connectivity index (χ4n) is 4.57. The monoisotopic (exact) mass is 490 g/mol. The van der Waals surface area contributed by atoms with E-state index in [1.54, 1.807) is 48.5 Å². The fourth-order valence-corrected chi connectivity index (χ4v) is 4.57. The molecule has 0 bridgehead atoms. The van der Waals surface area contributed by atoms with Gasteiger partial charge in [-0.05, 0) is 35.4 Å². The SMILES string of the molecule is FC(F)(F)C(c1ccc(N(CC2CO2)CC2CO2)cc1)c1ccc(N(CC2CO2)CC2CO2)cc1. The molecule has 2 aromatic rings. The smallest absolute Gasteiger partial charge is 0.371 e. The lowest BCUT2D eigenvalue weighted by Crippen LogP contribution is -2.31. The highest BCUT2D eigenvalue weighted by atomic mass is 19.4. The van der Waals surface area contributed by atoms with Crippen LogP contribution in [-0.4, -0.2) is 83.2 Å². The molecule has 0 radical (unpaired) electrons. The normalized spacial score (nSPS) is 27.3. The van der Waals surface area contributed by atoms with Crippen LogP contribution in [-0.2, 0) is 18.9 Å². The summed E-state index contributed by atoms with van der Waals surface area (Å²) in [6.45, 7) is 5.79. The molecule has 4 heterocycles. The van der Waals surface area contributed by atoms with Crippen molar-refractivity contribution >= 4 is 11.4 Å². The highest BCUT2D eigenvalue weighted by molar-refractivity contribution is 5.52. The van der Waals surface area contributed by atoms with E-state index in [0.29, 0.717) is 0 Å². The number of halogens is 3. The van der Waals surface area contributed by atoms with Crippen molar-refractivity contribution < 1.29 is 32.1 Å². The van der Waals surface area contributed by atoms with Crippen molar-refractivity contribution in [3.05, 3.63) is 59.7 Å². The lowest BCUT2D eigenvalue weighted by Gasteiger charge is -2.26. The van der Waals surface area contributed by atoms with Crippen molar-refractivity contribution in [3.8, 4) is 0 Å². The largest absolute Gasteiger partial charge is 0.399 e. The minimum absolute atomic E-state index is 0.187. The Morgan fingerprint density at radius 3 is 1.11 bits per heavy atom. The lowest BCUT2D eigenvalue weighted by atomic mass is 9.90. The standard InChI is InChI=1S/C26H29F3N2O4/c27-26(28,29)25(17-1-5-19(6-2-17)30(9-21-13-32-21)10-22-14-33-22)18-3-7-20(8-4-18)31(11-23-15-34-23)12-24-16-35-24/h1-8,21-25H,9-16H2. The van der Waals surface area contributed by atoms with Crippen molar-refractivity contribution in [3.63, 3.8) is 0 Å². The maximum Gasteiger partial charge on any atom is 0.399 e. The zero-order chi connectivity index (χ0) is 24.0. The van der Waals surface area contributed by atoms with Crippen LogP contribution >= 0.6 is 0 Å². The van der Waals surface area contributed by atoms with E-state index in [1.165, 1.54) is 0 Å². The summed E-state index contributed by atoms with van der Waals surface area (Å²) in [5.74, 6) is -1.69. The molecular formula is C26H29F3N2O4. The summed E-state index contributed by atoms with van der Waals surface area (Å²) < 4.78 is 64.1. The van der Waals surface area contributed by atoms with E-state index in [4.69, 9.17) is 18.9 Å². The minimum Gasteiger partial charge on any atom is -0.371 e. The summed E-state index contributed by atoms with van der Waals surface area (Å²) in [6.07, 6.45) is -3.66. The molecule has 2 aromatic carbocycles. The summed E-state index contributed by atoms with van der Waals surface area (Å²) >= 11 is 0. The molecule has 4 fully saturated rings. The van der Waals surface area contributed by atoms with Crippen molar-refractivity contribution in [1.29, 1.82) is 0 Å². The molecule has 188 valence electrons.